The Kier molecular flexibility index (Phi) is 3.83. The predicted octanol–water partition coefficient (Wildman–Crippen LogP) is 4.73. The molecule has 0 spiro atoms. The Hall–Kier alpha value is -1.01. The van der Waals surface area contributed by atoms with Crippen LogP contribution in [0, 0.1) is 5.92 Å². The van der Waals surface area contributed by atoms with Crippen LogP contribution in [0.15, 0.2) is 23.8 Å². The average Bonchev–Trinajstić information content (AvgIpc) is 2.14. The van der Waals surface area contributed by atoms with Crippen molar-refractivity contribution in [1.82, 2.24) is 0 Å². The summed E-state index contributed by atoms with van der Waals surface area (Å²) in [6.45, 7) is 1.11. The molecule has 0 radical (unpaired) electrons. The van der Waals surface area contributed by atoms with Crippen LogP contribution in [0.1, 0.15) is 19.8 Å². The summed E-state index contributed by atoms with van der Waals surface area (Å²) < 4.78 is 89.1. The molecule has 1 aliphatic rings. The van der Waals surface area contributed by atoms with Gasteiger partial charge in [-0.2, -0.15) is 22.0 Å². The fourth-order valence-corrected chi connectivity index (χ4v) is 1.89. The van der Waals surface area contributed by atoms with Crippen LogP contribution in [-0.2, 0) is 0 Å². The SMILES string of the molecule is CCC(C1=CC=CC(F)(F)C1)C(F)(F)C(F)(F)F. The number of halogens is 7. The van der Waals surface area contributed by atoms with Crippen molar-refractivity contribution < 1.29 is 30.7 Å². The number of alkyl halides is 7. The van der Waals surface area contributed by atoms with Crippen LogP contribution < -0.4 is 0 Å². The maximum absolute atomic E-state index is 13.2. The zero-order valence-electron chi connectivity index (χ0n) is 9.37. The second-order valence-corrected chi connectivity index (χ2v) is 4.12. The molecule has 1 rings (SSSR count). The third-order valence-electron chi connectivity index (χ3n) is 2.76. The highest BCUT2D eigenvalue weighted by Gasteiger charge is 2.62. The lowest BCUT2D eigenvalue weighted by atomic mass is 9.84. The Morgan fingerprint density at radius 3 is 2.17 bits per heavy atom. The van der Waals surface area contributed by atoms with E-state index in [0.717, 1.165) is 19.1 Å². The molecule has 0 fully saturated rings. The maximum atomic E-state index is 13.2. The molecule has 18 heavy (non-hydrogen) atoms. The summed E-state index contributed by atoms with van der Waals surface area (Å²) in [7, 11) is 0. The molecule has 0 aliphatic heterocycles. The molecule has 0 aromatic rings. The Balaban J connectivity index is 3.06. The van der Waals surface area contributed by atoms with Crippen LogP contribution in [0.4, 0.5) is 30.7 Å². The fourth-order valence-electron chi connectivity index (χ4n) is 1.89. The molecule has 7 heteroatoms. The topological polar surface area (TPSA) is 0 Å². The van der Waals surface area contributed by atoms with Gasteiger partial charge < -0.3 is 0 Å². The van der Waals surface area contributed by atoms with Crippen LogP contribution in [0.25, 0.3) is 0 Å². The highest BCUT2D eigenvalue weighted by atomic mass is 19.4. The molecule has 1 unspecified atom stereocenters. The summed E-state index contributed by atoms with van der Waals surface area (Å²) in [6, 6.07) is 0. The molecule has 0 saturated carbocycles. The molecule has 0 aromatic carbocycles. The lowest BCUT2D eigenvalue weighted by Crippen LogP contribution is -2.44. The first-order valence-electron chi connectivity index (χ1n) is 5.22. The highest BCUT2D eigenvalue weighted by molar-refractivity contribution is 5.26. The largest absolute Gasteiger partial charge is 0.453 e. The average molecular weight is 276 g/mol. The van der Waals surface area contributed by atoms with Gasteiger partial charge in [-0.25, -0.2) is 8.78 Å². The fraction of sp³-hybridized carbons (Fsp3) is 0.636. The molecule has 0 amide bonds. The molecular formula is C11H11F7. The third kappa shape index (κ3) is 2.87. The minimum atomic E-state index is -5.75. The van der Waals surface area contributed by atoms with Crippen LogP contribution in [0.5, 0.6) is 0 Å². The van der Waals surface area contributed by atoms with Crippen molar-refractivity contribution in [2.24, 2.45) is 5.92 Å². The van der Waals surface area contributed by atoms with Gasteiger partial charge in [0.2, 0.25) is 0 Å². The van der Waals surface area contributed by atoms with Gasteiger partial charge in [0, 0.05) is 6.42 Å². The first-order chi connectivity index (χ1) is 8.01. The zero-order chi connectivity index (χ0) is 14.2. The second kappa shape index (κ2) is 4.59. The standard InChI is InChI=1S/C11H11F7/c1-2-8(10(14,15)11(16,17)18)7-4-3-5-9(12,13)6-7/h3-5,8H,2,6H2,1H3. The monoisotopic (exact) mass is 276 g/mol. The van der Waals surface area contributed by atoms with Crippen molar-refractivity contribution in [3.8, 4) is 0 Å². The number of hydrogen-bond acceptors (Lipinski definition) is 0. The van der Waals surface area contributed by atoms with Crippen molar-refractivity contribution in [2.45, 2.75) is 37.8 Å². The summed E-state index contributed by atoms with van der Waals surface area (Å²) in [5, 5.41) is 0. The van der Waals surface area contributed by atoms with Gasteiger partial charge >= 0.3 is 12.1 Å². The minimum Gasteiger partial charge on any atom is -0.202 e. The van der Waals surface area contributed by atoms with Gasteiger partial charge in [0.05, 0.1) is 5.92 Å². The van der Waals surface area contributed by atoms with E-state index >= 15 is 0 Å². The van der Waals surface area contributed by atoms with E-state index in [4.69, 9.17) is 0 Å². The van der Waals surface area contributed by atoms with Crippen molar-refractivity contribution in [3.63, 3.8) is 0 Å². The lowest BCUT2D eigenvalue weighted by Gasteiger charge is -2.31. The van der Waals surface area contributed by atoms with Crippen LogP contribution >= 0.6 is 0 Å². The van der Waals surface area contributed by atoms with Crippen LogP contribution in [0.2, 0.25) is 0 Å². The summed E-state index contributed by atoms with van der Waals surface area (Å²) >= 11 is 0. The van der Waals surface area contributed by atoms with Crippen molar-refractivity contribution in [3.05, 3.63) is 23.8 Å². The number of allylic oxidation sites excluding steroid dienone is 4. The molecule has 1 atom stereocenters. The lowest BCUT2D eigenvalue weighted by molar-refractivity contribution is -0.298. The van der Waals surface area contributed by atoms with E-state index in [2.05, 4.69) is 0 Å². The molecule has 0 bridgehead atoms. The summed E-state index contributed by atoms with van der Waals surface area (Å²) in [5.41, 5.74) is -0.577. The Labute approximate surface area is 99.2 Å². The zero-order valence-corrected chi connectivity index (χ0v) is 9.37. The summed E-state index contributed by atoms with van der Waals surface area (Å²) in [4.78, 5) is 0. The molecule has 0 saturated heterocycles. The van der Waals surface area contributed by atoms with E-state index in [1.807, 2.05) is 0 Å². The van der Waals surface area contributed by atoms with Gasteiger partial charge in [0.15, 0.2) is 0 Å². The molecular weight excluding hydrogens is 265 g/mol. The molecule has 1 aliphatic carbocycles. The van der Waals surface area contributed by atoms with Crippen molar-refractivity contribution in [2.75, 3.05) is 0 Å². The quantitative estimate of drug-likeness (QED) is 0.653. The van der Waals surface area contributed by atoms with Gasteiger partial charge in [-0.05, 0) is 12.5 Å². The second-order valence-electron chi connectivity index (χ2n) is 4.12. The molecule has 0 nitrogen and oxygen atoms in total. The van der Waals surface area contributed by atoms with E-state index < -0.39 is 42.4 Å². The van der Waals surface area contributed by atoms with Crippen molar-refractivity contribution >= 4 is 0 Å². The number of rotatable bonds is 3. The third-order valence-corrected chi connectivity index (χ3v) is 2.76. The van der Waals surface area contributed by atoms with Gasteiger partial charge in [-0.15, -0.1) is 0 Å². The maximum Gasteiger partial charge on any atom is 0.453 e. The Bertz CT molecular complexity index is 362. The van der Waals surface area contributed by atoms with E-state index in [1.165, 1.54) is 0 Å². The first-order valence-corrected chi connectivity index (χ1v) is 5.22. The van der Waals surface area contributed by atoms with E-state index in [9.17, 15) is 30.7 Å². The smallest absolute Gasteiger partial charge is 0.202 e. The van der Waals surface area contributed by atoms with E-state index in [-0.39, 0.29) is 0 Å². The number of hydrogen-bond donors (Lipinski definition) is 0. The van der Waals surface area contributed by atoms with Crippen LogP contribution in [0.3, 0.4) is 0 Å². The normalized spacial score (nSPS) is 21.7. The van der Waals surface area contributed by atoms with Gasteiger partial charge in [0.1, 0.15) is 0 Å². The van der Waals surface area contributed by atoms with E-state index in [1.54, 1.807) is 0 Å². The van der Waals surface area contributed by atoms with Gasteiger partial charge in [0.25, 0.3) is 5.92 Å². The Morgan fingerprint density at radius 2 is 1.78 bits per heavy atom. The minimum absolute atomic E-state index is 0.481. The Morgan fingerprint density at radius 1 is 1.22 bits per heavy atom. The van der Waals surface area contributed by atoms with E-state index in [0.29, 0.717) is 6.08 Å². The first kappa shape index (κ1) is 15.0. The van der Waals surface area contributed by atoms with Gasteiger partial charge in [-0.3, -0.25) is 0 Å². The summed E-state index contributed by atoms with van der Waals surface area (Å²) in [6.07, 6.45) is -5.21. The van der Waals surface area contributed by atoms with Crippen molar-refractivity contribution in [1.29, 1.82) is 0 Å². The molecule has 0 aromatic heterocycles. The highest BCUT2D eigenvalue weighted by Crippen LogP contribution is 2.48. The predicted molar refractivity (Wildman–Crippen MR) is 51.6 cm³/mol. The summed E-state index contributed by atoms with van der Waals surface area (Å²) in [5.74, 6) is -10.6. The van der Waals surface area contributed by atoms with Crippen LogP contribution in [-0.4, -0.2) is 18.0 Å². The van der Waals surface area contributed by atoms with Gasteiger partial charge in [-0.1, -0.05) is 24.6 Å². The molecule has 0 N–H and O–H groups in total. The molecule has 0 heterocycles. The molecule has 104 valence electrons.